The number of hydrogen-bond donors (Lipinski definition) is 3. The Balaban J connectivity index is 1.73. The summed E-state index contributed by atoms with van der Waals surface area (Å²) in [6, 6.07) is 0. The van der Waals surface area contributed by atoms with E-state index in [1.165, 1.54) is 5.57 Å². The third kappa shape index (κ3) is 2.04. The predicted octanol–water partition coefficient (Wildman–Crippen LogP) is 2.59. The lowest BCUT2D eigenvalue weighted by atomic mass is 9.47. The lowest BCUT2D eigenvalue weighted by Crippen LogP contribution is -2.56. The molecule has 3 nitrogen and oxygen atoms in total. The van der Waals surface area contributed by atoms with E-state index in [0.717, 1.165) is 32.1 Å². The quantitative estimate of drug-likeness (QED) is 0.650. The van der Waals surface area contributed by atoms with Crippen LogP contribution in [0.3, 0.4) is 0 Å². The first-order valence-electron chi connectivity index (χ1n) is 9.24. The maximum atomic E-state index is 14.0. The van der Waals surface area contributed by atoms with Crippen molar-refractivity contribution in [1.29, 1.82) is 0 Å². The highest BCUT2D eigenvalue weighted by atomic mass is 19.1. The number of aliphatic hydroxyl groups excluding tert-OH is 3. The van der Waals surface area contributed by atoms with Crippen LogP contribution in [-0.2, 0) is 0 Å². The summed E-state index contributed by atoms with van der Waals surface area (Å²) in [5.41, 5.74) is 0.605. The summed E-state index contributed by atoms with van der Waals surface area (Å²) in [5.74, 6) is 0.485. The standard InChI is InChI=1S/C19H29FO3/c1-18-6-4-12(21)8-11(18)9-15(22)17-13(18)5-7-19(10-20)14(17)2-3-16(19)23/h9,12-17,21-23H,2-8,10H2,1H3/t12-,13+,14+,15-,16+,17-,18+,19-/m1/s1. The van der Waals surface area contributed by atoms with Crippen molar-refractivity contribution >= 4 is 0 Å². The fraction of sp³-hybridized carbons (Fsp3) is 0.895. The van der Waals surface area contributed by atoms with Gasteiger partial charge in [0.15, 0.2) is 0 Å². The number of aliphatic hydroxyl groups is 3. The van der Waals surface area contributed by atoms with Crippen molar-refractivity contribution in [2.75, 3.05) is 6.67 Å². The highest BCUT2D eigenvalue weighted by Gasteiger charge is 2.62. The van der Waals surface area contributed by atoms with Crippen LogP contribution in [-0.4, -0.2) is 40.3 Å². The number of fused-ring (bicyclic) bond motifs is 5. The van der Waals surface area contributed by atoms with E-state index in [4.69, 9.17) is 0 Å². The molecule has 130 valence electrons. The van der Waals surface area contributed by atoms with Gasteiger partial charge in [0, 0.05) is 5.41 Å². The average molecular weight is 324 g/mol. The SMILES string of the molecule is C[C@]12CC[C@@H](O)CC1=C[C@@H](O)[C@H]1[C@@H]3CC[C@H](O)[C@@]3(CF)CC[C@@H]12. The monoisotopic (exact) mass is 324 g/mol. The number of halogens is 1. The smallest absolute Gasteiger partial charge is 0.0978 e. The summed E-state index contributed by atoms with van der Waals surface area (Å²) in [6.45, 7) is 1.81. The second-order valence-electron chi connectivity index (χ2n) is 8.79. The summed E-state index contributed by atoms with van der Waals surface area (Å²) < 4.78 is 14.0. The minimum atomic E-state index is -0.627. The molecule has 0 saturated heterocycles. The molecule has 3 fully saturated rings. The van der Waals surface area contributed by atoms with Crippen LogP contribution in [0.1, 0.15) is 51.9 Å². The van der Waals surface area contributed by atoms with Crippen LogP contribution in [0.15, 0.2) is 11.6 Å². The van der Waals surface area contributed by atoms with Crippen LogP contribution in [0, 0.1) is 28.6 Å². The van der Waals surface area contributed by atoms with E-state index in [0.29, 0.717) is 18.8 Å². The zero-order chi connectivity index (χ0) is 16.4. The number of hydrogen-bond acceptors (Lipinski definition) is 3. The normalized spacial score (nSPS) is 55.6. The Bertz CT molecular complexity index is 521. The first-order chi connectivity index (χ1) is 10.9. The Labute approximate surface area is 137 Å². The summed E-state index contributed by atoms with van der Waals surface area (Å²) in [5, 5.41) is 31.2. The molecule has 4 aliphatic carbocycles. The molecule has 0 spiro atoms. The van der Waals surface area contributed by atoms with Gasteiger partial charge in [-0.05, 0) is 68.1 Å². The van der Waals surface area contributed by atoms with Crippen LogP contribution in [0.2, 0.25) is 0 Å². The van der Waals surface area contributed by atoms with E-state index in [1.54, 1.807) is 0 Å². The van der Waals surface area contributed by atoms with Gasteiger partial charge in [-0.1, -0.05) is 18.6 Å². The second kappa shape index (κ2) is 5.27. The van der Waals surface area contributed by atoms with Crippen molar-refractivity contribution in [1.82, 2.24) is 0 Å². The topological polar surface area (TPSA) is 60.7 Å². The van der Waals surface area contributed by atoms with Crippen LogP contribution in [0.4, 0.5) is 4.39 Å². The molecule has 0 bridgehead atoms. The zero-order valence-corrected chi connectivity index (χ0v) is 13.9. The molecule has 0 radical (unpaired) electrons. The predicted molar refractivity (Wildman–Crippen MR) is 85.4 cm³/mol. The van der Waals surface area contributed by atoms with E-state index in [-0.39, 0.29) is 23.4 Å². The molecule has 4 rings (SSSR count). The van der Waals surface area contributed by atoms with Crippen LogP contribution in [0.5, 0.6) is 0 Å². The van der Waals surface area contributed by atoms with Crippen molar-refractivity contribution in [3.8, 4) is 0 Å². The molecule has 3 N–H and O–H groups in total. The molecular formula is C19H29FO3. The molecule has 0 heterocycles. The van der Waals surface area contributed by atoms with Gasteiger partial charge in [-0.25, -0.2) is 0 Å². The van der Waals surface area contributed by atoms with Gasteiger partial charge in [-0.2, -0.15) is 0 Å². The fourth-order valence-corrected chi connectivity index (χ4v) is 6.67. The highest BCUT2D eigenvalue weighted by Crippen LogP contribution is 2.65. The summed E-state index contributed by atoms with van der Waals surface area (Å²) >= 11 is 0. The lowest BCUT2D eigenvalue weighted by molar-refractivity contribution is -0.120. The van der Waals surface area contributed by atoms with Crippen molar-refractivity contribution in [3.63, 3.8) is 0 Å². The van der Waals surface area contributed by atoms with Crippen LogP contribution >= 0.6 is 0 Å². The highest BCUT2D eigenvalue weighted by molar-refractivity contribution is 5.28. The lowest BCUT2D eigenvalue weighted by Gasteiger charge is -2.58. The van der Waals surface area contributed by atoms with Gasteiger partial charge in [0.2, 0.25) is 0 Å². The van der Waals surface area contributed by atoms with Crippen molar-refractivity contribution < 1.29 is 19.7 Å². The largest absolute Gasteiger partial charge is 0.393 e. The number of rotatable bonds is 1. The Morgan fingerprint density at radius 3 is 2.61 bits per heavy atom. The van der Waals surface area contributed by atoms with Crippen molar-refractivity contribution in [2.45, 2.75) is 70.2 Å². The molecular weight excluding hydrogens is 295 g/mol. The van der Waals surface area contributed by atoms with Gasteiger partial charge in [0.1, 0.15) is 0 Å². The van der Waals surface area contributed by atoms with Gasteiger partial charge < -0.3 is 15.3 Å². The molecule has 23 heavy (non-hydrogen) atoms. The molecule has 4 heteroatoms. The van der Waals surface area contributed by atoms with Crippen LogP contribution < -0.4 is 0 Å². The molecule has 0 aromatic heterocycles. The molecule has 0 aliphatic heterocycles. The van der Waals surface area contributed by atoms with Gasteiger partial charge in [0.25, 0.3) is 0 Å². The molecule has 8 atom stereocenters. The average Bonchev–Trinajstić information content (AvgIpc) is 2.87. The maximum Gasteiger partial charge on any atom is 0.0978 e. The first kappa shape index (κ1) is 16.0. The summed E-state index contributed by atoms with van der Waals surface area (Å²) in [6.07, 6.45) is 6.08. The van der Waals surface area contributed by atoms with Gasteiger partial charge in [0.05, 0.1) is 25.0 Å². The van der Waals surface area contributed by atoms with E-state index >= 15 is 0 Å². The number of alkyl halides is 1. The molecule has 0 aromatic carbocycles. The minimum Gasteiger partial charge on any atom is -0.393 e. The van der Waals surface area contributed by atoms with Crippen molar-refractivity contribution in [3.05, 3.63) is 11.6 Å². The second-order valence-corrected chi connectivity index (χ2v) is 8.79. The van der Waals surface area contributed by atoms with Crippen LogP contribution in [0.25, 0.3) is 0 Å². The minimum absolute atomic E-state index is 0.0269. The van der Waals surface area contributed by atoms with Gasteiger partial charge in [-0.15, -0.1) is 0 Å². The molecule has 0 unspecified atom stereocenters. The molecule has 4 aliphatic rings. The van der Waals surface area contributed by atoms with E-state index in [9.17, 15) is 19.7 Å². The van der Waals surface area contributed by atoms with E-state index < -0.39 is 24.3 Å². The Hall–Kier alpha value is -0.450. The van der Waals surface area contributed by atoms with Crippen molar-refractivity contribution in [2.24, 2.45) is 28.6 Å². The maximum absolute atomic E-state index is 14.0. The fourth-order valence-electron chi connectivity index (χ4n) is 6.67. The van der Waals surface area contributed by atoms with E-state index in [2.05, 4.69) is 6.92 Å². The Morgan fingerprint density at radius 1 is 1.09 bits per heavy atom. The third-order valence-corrected chi connectivity index (χ3v) is 8.02. The molecule has 0 amide bonds. The Kier molecular flexibility index (Phi) is 3.68. The third-order valence-electron chi connectivity index (χ3n) is 8.02. The van der Waals surface area contributed by atoms with E-state index in [1.807, 2.05) is 6.08 Å². The first-order valence-corrected chi connectivity index (χ1v) is 9.24. The Morgan fingerprint density at radius 2 is 1.87 bits per heavy atom. The molecule has 3 saturated carbocycles. The van der Waals surface area contributed by atoms with Gasteiger partial charge in [-0.3, -0.25) is 4.39 Å². The molecule has 0 aromatic rings. The van der Waals surface area contributed by atoms with Gasteiger partial charge >= 0.3 is 0 Å². The zero-order valence-electron chi connectivity index (χ0n) is 13.9. The summed E-state index contributed by atoms with van der Waals surface area (Å²) in [7, 11) is 0. The summed E-state index contributed by atoms with van der Waals surface area (Å²) in [4.78, 5) is 0.